The molecule has 3 atom stereocenters. The monoisotopic (exact) mass is 301 g/mol. The van der Waals surface area contributed by atoms with E-state index >= 15 is 0 Å². The summed E-state index contributed by atoms with van der Waals surface area (Å²) in [5.74, 6) is 1.27. The van der Waals surface area contributed by atoms with Crippen LogP contribution in [0.25, 0.3) is 0 Å². The lowest BCUT2D eigenvalue weighted by Crippen LogP contribution is -2.51. The van der Waals surface area contributed by atoms with E-state index in [1.165, 1.54) is 25.7 Å². The van der Waals surface area contributed by atoms with Crippen molar-refractivity contribution in [1.29, 1.82) is 0 Å². The van der Waals surface area contributed by atoms with Gasteiger partial charge in [-0.3, -0.25) is 4.79 Å². The topological polar surface area (TPSA) is 49.3 Å². The van der Waals surface area contributed by atoms with Crippen molar-refractivity contribution in [1.82, 2.24) is 5.32 Å². The standard InChI is InChI=1S/C16H31NO2S/c1-4-16(15(18)19,17-5-2)10-7-11-20-14-9-6-8-13(3)12-14/h13-14,17H,4-12H2,1-3H3,(H,18,19). The SMILES string of the molecule is CCNC(CC)(CCCSC1CCCC(C)C1)C(=O)O. The highest BCUT2D eigenvalue weighted by atomic mass is 32.2. The van der Waals surface area contributed by atoms with Crippen LogP contribution in [0.15, 0.2) is 0 Å². The number of aliphatic carboxylic acids is 1. The van der Waals surface area contributed by atoms with E-state index in [1.807, 2.05) is 13.8 Å². The van der Waals surface area contributed by atoms with E-state index in [9.17, 15) is 9.90 Å². The highest BCUT2D eigenvalue weighted by molar-refractivity contribution is 7.99. The summed E-state index contributed by atoms with van der Waals surface area (Å²) in [7, 11) is 0. The Labute approximate surface area is 128 Å². The van der Waals surface area contributed by atoms with Gasteiger partial charge in [-0.25, -0.2) is 0 Å². The van der Waals surface area contributed by atoms with Crippen LogP contribution in [0.5, 0.6) is 0 Å². The second-order valence-corrected chi connectivity index (χ2v) is 7.55. The molecule has 0 spiro atoms. The van der Waals surface area contributed by atoms with Crippen LogP contribution in [0.2, 0.25) is 0 Å². The summed E-state index contributed by atoms with van der Waals surface area (Å²) in [6, 6.07) is 0. The molecule has 0 aromatic carbocycles. The van der Waals surface area contributed by atoms with Gasteiger partial charge >= 0.3 is 5.97 Å². The number of hydrogen-bond acceptors (Lipinski definition) is 3. The zero-order valence-electron chi connectivity index (χ0n) is 13.3. The number of hydrogen-bond donors (Lipinski definition) is 2. The summed E-state index contributed by atoms with van der Waals surface area (Å²) in [6.45, 7) is 7.01. The van der Waals surface area contributed by atoms with Gasteiger partial charge in [-0.05, 0) is 50.3 Å². The minimum atomic E-state index is -0.713. The fourth-order valence-electron chi connectivity index (χ4n) is 3.22. The largest absolute Gasteiger partial charge is 0.480 e. The quantitative estimate of drug-likeness (QED) is 0.634. The molecular weight excluding hydrogens is 270 g/mol. The first-order valence-electron chi connectivity index (χ1n) is 8.14. The predicted molar refractivity (Wildman–Crippen MR) is 87.4 cm³/mol. The molecule has 0 aliphatic heterocycles. The molecule has 1 aliphatic rings. The molecule has 0 bridgehead atoms. The van der Waals surface area contributed by atoms with E-state index < -0.39 is 11.5 Å². The van der Waals surface area contributed by atoms with Gasteiger partial charge in [0.15, 0.2) is 0 Å². The van der Waals surface area contributed by atoms with Crippen LogP contribution in [0.1, 0.15) is 65.7 Å². The van der Waals surface area contributed by atoms with E-state index in [0.717, 1.165) is 29.8 Å². The van der Waals surface area contributed by atoms with Crippen LogP contribution in [-0.2, 0) is 4.79 Å². The Morgan fingerprint density at radius 3 is 2.70 bits per heavy atom. The third-order valence-corrected chi connectivity index (χ3v) is 5.94. The molecule has 1 saturated carbocycles. The van der Waals surface area contributed by atoms with Crippen LogP contribution < -0.4 is 5.32 Å². The van der Waals surface area contributed by atoms with Crippen molar-refractivity contribution in [2.24, 2.45) is 5.92 Å². The molecular formula is C16H31NO2S. The van der Waals surface area contributed by atoms with Crippen molar-refractivity contribution in [3.8, 4) is 0 Å². The van der Waals surface area contributed by atoms with Crippen LogP contribution in [0, 0.1) is 5.92 Å². The van der Waals surface area contributed by atoms with Crippen molar-refractivity contribution in [2.75, 3.05) is 12.3 Å². The molecule has 1 fully saturated rings. The zero-order chi connectivity index (χ0) is 15.0. The second-order valence-electron chi connectivity index (χ2n) is 6.14. The number of nitrogens with one attached hydrogen (secondary N) is 1. The molecule has 0 heterocycles. The van der Waals surface area contributed by atoms with Crippen LogP contribution in [-0.4, -0.2) is 34.2 Å². The van der Waals surface area contributed by atoms with E-state index in [0.29, 0.717) is 13.0 Å². The van der Waals surface area contributed by atoms with Crippen molar-refractivity contribution in [3.63, 3.8) is 0 Å². The third-order valence-electron chi connectivity index (χ3n) is 4.52. The molecule has 0 saturated heterocycles. The number of likely N-dealkylation sites (N-methyl/N-ethyl adjacent to an activating group) is 1. The van der Waals surface area contributed by atoms with Crippen molar-refractivity contribution < 1.29 is 9.90 Å². The van der Waals surface area contributed by atoms with Gasteiger partial charge in [0.1, 0.15) is 5.54 Å². The van der Waals surface area contributed by atoms with Gasteiger partial charge in [0.2, 0.25) is 0 Å². The fourth-order valence-corrected chi connectivity index (χ4v) is 4.66. The molecule has 3 unspecified atom stereocenters. The van der Waals surface area contributed by atoms with Crippen LogP contribution in [0.4, 0.5) is 0 Å². The zero-order valence-corrected chi connectivity index (χ0v) is 14.1. The maximum absolute atomic E-state index is 11.5. The molecule has 3 nitrogen and oxygen atoms in total. The predicted octanol–water partition coefficient (Wildman–Crippen LogP) is 3.92. The molecule has 0 aromatic rings. The Bertz CT molecular complexity index is 298. The molecule has 118 valence electrons. The van der Waals surface area contributed by atoms with E-state index in [2.05, 4.69) is 24.0 Å². The Balaban J connectivity index is 2.31. The second kappa shape index (κ2) is 8.93. The lowest BCUT2D eigenvalue weighted by molar-refractivity contribution is -0.145. The summed E-state index contributed by atoms with van der Waals surface area (Å²) in [4.78, 5) is 11.5. The van der Waals surface area contributed by atoms with Gasteiger partial charge in [0, 0.05) is 5.25 Å². The smallest absolute Gasteiger partial charge is 0.323 e. The molecule has 0 amide bonds. The lowest BCUT2D eigenvalue weighted by Gasteiger charge is -2.30. The molecule has 1 rings (SSSR count). The minimum absolute atomic E-state index is 0.654. The summed E-state index contributed by atoms with van der Waals surface area (Å²) in [5, 5.41) is 13.5. The van der Waals surface area contributed by atoms with Gasteiger partial charge in [-0.1, -0.05) is 33.6 Å². The molecule has 0 radical (unpaired) electrons. The summed E-state index contributed by atoms with van der Waals surface area (Å²) < 4.78 is 0. The molecule has 20 heavy (non-hydrogen) atoms. The minimum Gasteiger partial charge on any atom is -0.480 e. The van der Waals surface area contributed by atoms with Gasteiger partial charge < -0.3 is 10.4 Å². The molecule has 1 aliphatic carbocycles. The van der Waals surface area contributed by atoms with E-state index in [4.69, 9.17) is 0 Å². The Kier molecular flexibility index (Phi) is 7.96. The average Bonchev–Trinajstić information content (AvgIpc) is 2.42. The van der Waals surface area contributed by atoms with Gasteiger partial charge in [-0.2, -0.15) is 11.8 Å². The summed E-state index contributed by atoms with van der Waals surface area (Å²) in [6.07, 6.45) is 7.82. The Morgan fingerprint density at radius 1 is 1.40 bits per heavy atom. The van der Waals surface area contributed by atoms with E-state index in [1.54, 1.807) is 0 Å². The molecule has 2 N–H and O–H groups in total. The van der Waals surface area contributed by atoms with Crippen LogP contribution in [0.3, 0.4) is 0 Å². The number of carbonyl (C=O) groups is 1. The maximum Gasteiger partial charge on any atom is 0.323 e. The lowest BCUT2D eigenvalue weighted by atomic mass is 9.90. The number of carboxylic acid groups (broad SMARTS) is 1. The number of carboxylic acids is 1. The average molecular weight is 301 g/mol. The first-order chi connectivity index (χ1) is 9.54. The molecule has 4 heteroatoms. The number of rotatable bonds is 9. The first kappa shape index (κ1) is 17.8. The van der Waals surface area contributed by atoms with E-state index in [-0.39, 0.29) is 0 Å². The number of thioether (sulfide) groups is 1. The fraction of sp³-hybridized carbons (Fsp3) is 0.938. The van der Waals surface area contributed by atoms with Gasteiger partial charge in [0.05, 0.1) is 0 Å². The Hall–Kier alpha value is -0.220. The Morgan fingerprint density at radius 2 is 2.15 bits per heavy atom. The maximum atomic E-state index is 11.5. The molecule has 0 aromatic heterocycles. The third kappa shape index (κ3) is 5.28. The highest BCUT2D eigenvalue weighted by Crippen LogP contribution is 2.32. The summed E-state index contributed by atoms with van der Waals surface area (Å²) >= 11 is 2.06. The first-order valence-corrected chi connectivity index (χ1v) is 9.19. The van der Waals surface area contributed by atoms with Crippen molar-refractivity contribution in [2.45, 2.75) is 76.5 Å². The highest BCUT2D eigenvalue weighted by Gasteiger charge is 2.35. The van der Waals surface area contributed by atoms with Gasteiger partial charge in [0.25, 0.3) is 0 Å². The van der Waals surface area contributed by atoms with Crippen molar-refractivity contribution >= 4 is 17.7 Å². The summed E-state index contributed by atoms with van der Waals surface area (Å²) in [5.41, 5.74) is -0.713. The van der Waals surface area contributed by atoms with Gasteiger partial charge in [-0.15, -0.1) is 0 Å². The normalized spacial score (nSPS) is 26.1. The van der Waals surface area contributed by atoms with Crippen LogP contribution >= 0.6 is 11.8 Å². The van der Waals surface area contributed by atoms with Crippen molar-refractivity contribution in [3.05, 3.63) is 0 Å².